The summed E-state index contributed by atoms with van der Waals surface area (Å²) in [6, 6.07) is 0. The van der Waals surface area contributed by atoms with E-state index in [2.05, 4.69) is 111 Å². The second kappa shape index (κ2) is 18.5. The van der Waals surface area contributed by atoms with E-state index in [-0.39, 0.29) is 35.9 Å². The van der Waals surface area contributed by atoms with Crippen LogP contribution in [0.15, 0.2) is 46.8 Å². The first-order chi connectivity index (χ1) is 16.7. The van der Waals surface area contributed by atoms with Crippen molar-refractivity contribution in [2.75, 3.05) is 51.4 Å². The normalized spacial score (nSPS) is 17.1. The first kappa shape index (κ1) is 37.4. The van der Waals surface area contributed by atoms with Crippen molar-refractivity contribution in [3.8, 4) is 0 Å². The number of carbonyl (C=O) groups excluding carboxylic acids is 2. The van der Waals surface area contributed by atoms with Crippen LogP contribution in [0.3, 0.4) is 0 Å². The number of alkyl halides is 2. The Bertz CT molecular complexity index is 827. The average Bonchev–Trinajstić information content (AvgIpc) is 2.78. The Hall–Kier alpha value is -0.720. The highest BCUT2D eigenvalue weighted by Gasteiger charge is 2.25. The van der Waals surface area contributed by atoms with E-state index in [0.29, 0.717) is 0 Å². The molecular weight excluding hydrogens is 682 g/mol. The summed E-state index contributed by atoms with van der Waals surface area (Å²) in [6.07, 6.45) is 10.5. The Kier molecular flexibility index (Phi) is 19.3. The molecule has 8 heteroatoms. The molecule has 0 bridgehead atoms. The van der Waals surface area contributed by atoms with Gasteiger partial charge in [-0.25, -0.2) is 0 Å². The molecule has 0 aromatic carbocycles. The molecule has 208 valence electrons. The molecule has 0 aromatic heterocycles. The molecule has 2 aliphatic carbocycles. The molecule has 0 saturated carbocycles. The first-order valence-corrected chi connectivity index (χ1v) is 16.1. The van der Waals surface area contributed by atoms with Gasteiger partial charge in [0.2, 0.25) is 0 Å². The lowest BCUT2D eigenvalue weighted by Gasteiger charge is -2.31. The van der Waals surface area contributed by atoms with Crippen LogP contribution in [0, 0.1) is 10.8 Å². The largest absolute Gasteiger partial charge is 0.375 e. The Morgan fingerprint density at radius 3 is 1.67 bits per heavy atom. The minimum Gasteiger partial charge on any atom is -0.375 e. The van der Waals surface area contributed by atoms with Gasteiger partial charge in [0.05, 0.1) is 0 Å². The maximum atomic E-state index is 11.7. The number of nitrogens with zero attached hydrogens (tertiary/aromatic N) is 2. The van der Waals surface area contributed by atoms with Crippen molar-refractivity contribution in [3.05, 3.63) is 46.8 Å². The molecule has 0 aromatic rings. The summed E-state index contributed by atoms with van der Waals surface area (Å²) in [7, 11) is 6.67. The van der Waals surface area contributed by atoms with Gasteiger partial charge in [0.25, 0.3) is 11.8 Å². The van der Waals surface area contributed by atoms with Crippen molar-refractivity contribution < 1.29 is 19.1 Å². The Labute approximate surface area is 247 Å². The average molecular weight is 731 g/mol. The molecule has 0 fully saturated rings. The molecule has 2 amide bonds. The van der Waals surface area contributed by atoms with Gasteiger partial charge < -0.3 is 19.3 Å². The summed E-state index contributed by atoms with van der Waals surface area (Å²) in [5.41, 5.74) is 4.79. The summed E-state index contributed by atoms with van der Waals surface area (Å²) in [5, 5.41) is 0. The molecule has 36 heavy (non-hydrogen) atoms. The van der Waals surface area contributed by atoms with Crippen molar-refractivity contribution in [2.45, 2.75) is 54.4 Å². The third-order valence-corrected chi connectivity index (χ3v) is 5.42. The lowest BCUT2D eigenvalue weighted by molar-refractivity contribution is -0.132. The van der Waals surface area contributed by atoms with Gasteiger partial charge in [-0.05, 0) is 59.5 Å². The molecule has 0 unspecified atom stereocenters. The van der Waals surface area contributed by atoms with Crippen LogP contribution < -0.4 is 0 Å². The van der Waals surface area contributed by atoms with Crippen molar-refractivity contribution in [1.82, 2.24) is 9.80 Å². The van der Waals surface area contributed by atoms with Crippen molar-refractivity contribution in [3.63, 3.8) is 0 Å². The fraction of sp³-hybridized carbons (Fsp3) is 0.643. The Morgan fingerprint density at radius 1 is 0.806 bits per heavy atom. The van der Waals surface area contributed by atoms with E-state index in [1.54, 1.807) is 16.8 Å². The van der Waals surface area contributed by atoms with Gasteiger partial charge in [0.1, 0.15) is 13.2 Å². The standard InChI is InChI=1S/2C13H21NO2.2CH3I/c2*1-10-6-11(8-13(2,3)7-10)14(4)12(15)9-16-5;2*1-2/h6,8H,7,9H2,1-5H3;6-7H,8-9H2,1-5H3;2*1H3. The molecule has 0 aliphatic heterocycles. The monoisotopic (exact) mass is 730 g/mol. The molecule has 2 rings (SSSR count). The maximum absolute atomic E-state index is 11.7. The highest BCUT2D eigenvalue weighted by molar-refractivity contribution is 14.1. The Balaban J connectivity index is 0. The van der Waals surface area contributed by atoms with E-state index < -0.39 is 0 Å². The second-order valence-electron chi connectivity index (χ2n) is 10.2. The molecule has 0 spiro atoms. The third kappa shape index (κ3) is 14.3. The lowest BCUT2D eigenvalue weighted by Crippen LogP contribution is -2.32. The summed E-state index contributed by atoms with van der Waals surface area (Å²) < 4.78 is 9.72. The van der Waals surface area contributed by atoms with Crippen LogP contribution in [-0.2, 0) is 19.1 Å². The zero-order chi connectivity index (χ0) is 28.7. The number of ether oxygens (including phenoxy) is 2. The lowest BCUT2D eigenvalue weighted by atomic mass is 9.81. The summed E-state index contributed by atoms with van der Waals surface area (Å²) in [6.45, 7) is 13.1. The first-order valence-electron chi connectivity index (χ1n) is 11.8. The zero-order valence-corrected chi connectivity index (χ0v) is 28.7. The van der Waals surface area contributed by atoms with Crippen molar-refractivity contribution in [1.29, 1.82) is 0 Å². The molecule has 0 N–H and O–H groups in total. The van der Waals surface area contributed by atoms with Gasteiger partial charge in [-0.1, -0.05) is 96.2 Å². The highest BCUT2D eigenvalue weighted by Crippen LogP contribution is 2.34. The van der Waals surface area contributed by atoms with Crippen LogP contribution in [0.4, 0.5) is 0 Å². The van der Waals surface area contributed by atoms with Gasteiger partial charge in [-0.3, -0.25) is 9.59 Å². The quantitative estimate of drug-likeness (QED) is 0.223. The smallest absolute Gasteiger partial charge is 0.252 e. The van der Waals surface area contributed by atoms with E-state index in [1.807, 2.05) is 16.9 Å². The van der Waals surface area contributed by atoms with Crippen LogP contribution in [0.1, 0.15) is 54.4 Å². The minimum atomic E-state index is -0.0181. The molecule has 0 heterocycles. The number of rotatable bonds is 6. The SMILES string of the molecule is CI.CI.COCC(=O)N(C)C1=CC(C)(C)CC(C)=C1.COCC(=O)N(C)C1=CC(C)=CC(C)(C)C1. The fourth-order valence-electron chi connectivity index (χ4n) is 4.16. The second-order valence-corrected chi connectivity index (χ2v) is 10.2. The summed E-state index contributed by atoms with van der Waals surface area (Å²) >= 11 is 4.30. The molecule has 2 aliphatic rings. The van der Waals surface area contributed by atoms with Gasteiger partial charge in [0.15, 0.2) is 0 Å². The predicted molar refractivity (Wildman–Crippen MR) is 170 cm³/mol. The van der Waals surface area contributed by atoms with Gasteiger partial charge in [-0.2, -0.15) is 0 Å². The molecule has 0 saturated heterocycles. The van der Waals surface area contributed by atoms with E-state index >= 15 is 0 Å². The third-order valence-electron chi connectivity index (χ3n) is 5.42. The maximum Gasteiger partial charge on any atom is 0.252 e. The van der Waals surface area contributed by atoms with Crippen molar-refractivity contribution in [2.24, 2.45) is 10.8 Å². The summed E-state index contributed by atoms with van der Waals surface area (Å²) in [5.74, 6) is -0.0187. The summed E-state index contributed by atoms with van der Waals surface area (Å²) in [4.78, 5) is 30.7. The van der Waals surface area contributed by atoms with Crippen LogP contribution >= 0.6 is 45.2 Å². The van der Waals surface area contributed by atoms with Gasteiger partial charge >= 0.3 is 0 Å². The van der Waals surface area contributed by atoms with Crippen molar-refractivity contribution >= 4 is 57.0 Å². The number of allylic oxidation sites excluding steroid dienone is 7. The number of carbonyl (C=O) groups is 2. The number of methoxy groups -OCH3 is 2. The fourth-order valence-corrected chi connectivity index (χ4v) is 4.16. The molecule has 0 atom stereocenters. The van der Waals surface area contributed by atoms with Crippen LogP contribution in [-0.4, -0.2) is 73.0 Å². The van der Waals surface area contributed by atoms with Gasteiger partial charge in [0, 0.05) is 39.7 Å². The van der Waals surface area contributed by atoms with E-state index in [9.17, 15) is 9.59 Å². The van der Waals surface area contributed by atoms with E-state index in [0.717, 1.165) is 24.2 Å². The zero-order valence-electron chi connectivity index (χ0n) is 24.4. The molecule has 6 nitrogen and oxygen atoms in total. The highest BCUT2D eigenvalue weighted by atomic mass is 127. The number of amides is 2. The Morgan fingerprint density at radius 2 is 1.25 bits per heavy atom. The van der Waals surface area contributed by atoms with E-state index in [1.165, 1.54) is 25.4 Å². The minimum absolute atomic E-state index is 0.000694. The number of hydrogen-bond acceptors (Lipinski definition) is 4. The predicted octanol–water partition coefficient (Wildman–Crippen LogP) is 6.81. The van der Waals surface area contributed by atoms with Gasteiger partial charge in [-0.15, -0.1) is 0 Å². The van der Waals surface area contributed by atoms with Crippen LogP contribution in [0.5, 0.6) is 0 Å². The molecule has 0 radical (unpaired) electrons. The number of likely N-dealkylation sites (N-methyl/N-ethyl adjacent to an activating group) is 2. The number of hydrogen-bond donors (Lipinski definition) is 0. The number of halogens is 2. The van der Waals surface area contributed by atoms with Crippen LogP contribution in [0.25, 0.3) is 0 Å². The van der Waals surface area contributed by atoms with Crippen LogP contribution in [0.2, 0.25) is 0 Å². The topological polar surface area (TPSA) is 59.1 Å². The van der Waals surface area contributed by atoms with E-state index in [4.69, 9.17) is 9.47 Å². The molecular formula is C28H48I2N2O4.